The third-order valence-corrected chi connectivity index (χ3v) is 5.75. The molecule has 0 amide bonds. The topological polar surface area (TPSA) is 38.5 Å². The van der Waals surface area contributed by atoms with Crippen molar-refractivity contribution < 1.29 is 4.74 Å². The minimum Gasteiger partial charge on any atom is -0.378 e. The summed E-state index contributed by atoms with van der Waals surface area (Å²) >= 11 is 1.84. The Morgan fingerprint density at radius 3 is 3.00 bits per heavy atom. The van der Waals surface area contributed by atoms with Gasteiger partial charge in [-0.05, 0) is 51.1 Å². The molecule has 114 valence electrons. The zero-order chi connectivity index (χ0) is 14.6. The SMILES string of the molecule is CCC1CC(CN)(N(C)C(C)Cc2cccs2)CCO1. The van der Waals surface area contributed by atoms with Crippen LogP contribution in [0.25, 0.3) is 0 Å². The number of nitrogens with two attached hydrogens (primary N) is 1. The van der Waals surface area contributed by atoms with E-state index in [-0.39, 0.29) is 5.54 Å². The van der Waals surface area contributed by atoms with Crippen molar-refractivity contribution in [1.82, 2.24) is 4.90 Å². The number of hydrogen-bond donors (Lipinski definition) is 1. The summed E-state index contributed by atoms with van der Waals surface area (Å²) in [7, 11) is 2.24. The Balaban J connectivity index is 2.05. The zero-order valence-corrected chi connectivity index (χ0v) is 13.8. The van der Waals surface area contributed by atoms with Crippen LogP contribution in [-0.2, 0) is 11.2 Å². The van der Waals surface area contributed by atoms with Crippen molar-refractivity contribution >= 4 is 11.3 Å². The Morgan fingerprint density at radius 2 is 2.40 bits per heavy atom. The second kappa shape index (κ2) is 7.03. The number of thiophene rings is 1. The number of rotatable bonds is 6. The van der Waals surface area contributed by atoms with Crippen LogP contribution in [0.2, 0.25) is 0 Å². The van der Waals surface area contributed by atoms with Gasteiger partial charge in [-0.3, -0.25) is 4.90 Å². The summed E-state index contributed by atoms with van der Waals surface area (Å²) in [5, 5.41) is 2.16. The standard InChI is InChI=1S/C16H28N2OS/c1-4-14-11-16(12-17,7-8-19-14)18(3)13(2)10-15-6-5-9-20-15/h5-6,9,13-14H,4,7-8,10-12,17H2,1-3H3. The second-order valence-corrected chi connectivity index (χ2v) is 7.06. The van der Waals surface area contributed by atoms with Crippen LogP contribution >= 0.6 is 11.3 Å². The predicted molar refractivity (Wildman–Crippen MR) is 86.3 cm³/mol. The molecule has 0 aromatic carbocycles. The number of likely N-dealkylation sites (N-methyl/N-ethyl adjacent to an activating group) is 1. The van der Waals surface area contributed by atoms with Gasteiger partial charge in [0.1, 0.15) is 0 Å². The molecular weight excluding hydrogens is 268 g/mol. The molecule has 1 aliphatic heterocycles. The fourth-order valence-electron chi connectivity index (χ4n) is 3.24. The summed E-state index contributed by atoms with van der Waals surface area (Å²) in [4.78, 5) is 3.97. The number of ether oxygens (including phenoxy) is 1. The van der Waals surface area contributed by atoms with Gasteiger partial charge in [0.15, 0.2) is 0 Å². The largest absolute Gasteiger partial charge is 0.378 e. The molecule has 4 heteroatoms. The molecule has 0 radical (unpaired) electrons. The maximum absolute atomic E-state index is 6.17. The van der Waals surface area contributed by atoms with Gasteiger partial charge in [-0.2, -0.15) is 0 Å². The first kappa shape index (κ1) is 16.0. The first-order valence-electron chi connectivity index (χ1n) is 7.68. The molecule has 1 fully saturated rings. The Bertz CT molecular complexity index is 395. The van der Waals surface area contributed by atoms with Crippen LogP contribution in [0.15, 0.2) is 17.5 Å². The first-order valence-corrected chi connectivity index (χ1v) is 8.56. The van der Waals surface area contributed by atoms with E-state index in [1.807, 2.05) is 11.3 Å². The summed E-state index contributed by atoms with van der Waals surface area (Å²) in [6.45, 7) is 6.07. The van der Waals surface area contributed by atoms with E-state index in [0.29, 0.717) is 12.1 Å². The summed E-state index contributed by atoms with van der Waals surface area (Å²) < 4.78 is 5.84. The molecule has 3 atom stereocenters. The Morgan fingerprint density at radius 1 is 1.60 bits per heavy atom. The molecule has 2 rings (SSSR count). The van der Waals surface area contributed by atoms with Gasteiger partial charge in [-0.25, -0.2) is 0 Å². The quantitative estimate of drug-likeness (QED) is 0.877. The van der Waals surface area contributed by atoms with Gasteiger partial charge < -0.3 is 10.5 Å². The van der Waals surface area contributed by atoms with Gasteiger partial charge in [-0.15, -0.1) is 11.3 Å². The Hall–Kier alpha value is -0.420. The van der Waals surface area contributed by atoms with Crippen molar-refractivity contribution in [3.05, 3.63) is 22.4 Å². The van der Waals surface area contributed by atoms with Crippen molar-refractivity contribution in [2.24, 2.45) is 5.73 Å². The molecule has 0 bridgehead atoms. The monoisotopic (exact) mass is 296 g/mol. The van der Waals surface area contributed by atoms with Crippen LogP contribution < -0.4 is 5.73 Å². The van der Waals surface area contributed by atoms with Crippen LogP contribution in [0.4, 0.5) is 0 Å². The predicted octanol–water partition coefficient (Wildman–Crippen LogP) is 2.90. The van der Waals surface area contributed by atoms with E-state index in [0.717, 1.165) is 38.8 Å². The Labute approximate surface area is 127 Å². The van der Waals surface area contributed by atoms with E-state index in [1.54, 1.807) is 0 Å². The third kappa shape index (κ3) is 3.42. The first-order chi connectivity index (χ1) is 9.61. The summed E-state index contributed by atoms with van der Waals surface area (Å²) in [5.74, 6) is 0. The molecule has 2 N–H and O–H groups in total. The highest BCUT2D eigenvalue weighted by Gasteiger charge is 2.40. The van der Waals surface area contributed by atoms with Crippen LogP contribution in [0.5, 0.6) is 0 Å². The highest BCUT2D eigenvalue weighted by Crippen LogP contribution is 2.32. The van der Waals surface area contributed by atoms with E-state index < -0.39 is 0 Å². The molecule has 3 unspecified atom stereocenters. The molecule has 20 heavy (non-hydrogen) atoms. The maximum Gasteiger partial charge on any atom is 0.0590 e. The fourth-order valence-corrected chi connectivity index (χ4v) is 4.06. The summed E-state index contributed by atoms with van der Waals surface area (Å²) in [6.07, 6.45) is 4.66. The van der Waals surface area contributed by atoms with E-state index >= 15 is 0 Å². The molecule has 3 nitrogen and oxygen atoms in total. The minimum atomic E-state index is 0.107. The van der Waals surface area contributed by atoms with Gasteiger partial charge in [0.25, 0.3) is 0 Å². The van der Waals surface area contributed by atoms with Crippen molar-refractivity contribution in [2.75, 3.05) is 20.2 Å². The fraction of sp³-hybridized carbons (Fsp3) is 0.750. The van der Waals surface area contributed by atoms with Crippen molar-refractivity contribution in [3.63, 3.8) is 0 Å². The minimum absolute atomic E-state index is 0.107. The average Bonchev–Trinajstić information content (AvgIpc) is 2.99. The van der Waals surface area contributed by atoms with Crippen molar-refractivity contribution in [3.8, 4) is 0 Å². The lowest BCUT2D eigenvalue weighted by molar-refractivity contribution is -0.0740. The zero-order valence-electron chi connectivity index (χ0n) is 13.0. The number of hydrogen-bond acceptors (Lipinski definition) is 4. The highest BCUT2D eigenvalue weighted by molar-refractivity contribution is 7.09. The normalized spacial score (nSPS) is 28.8. The smallest absolute Gasteiger partial charge is 0.0590 e. The number of nitrogens with zero attached hydrogens (tertiary/aromatic N) is 1. The van der Waals surface area contributed by atoms with E-state index in [1.165, 1.54) is 4.88 Å². The Kier molecular flexibility index (Phi) is 5.61. The lowest BCUT2D eigenvalue weighted by atomic mass is 9.83. The summed E-state index contributed by atoms with van der Waals surface area (Å²) in [5.41, 5.74) is 6.28. The molecule has 1 aliphatic rings. The second-order valence-electron chi connectivity index (χ2n) is 6.03. The lowest BCUT2D eigenvalue weighted by Crippen LogP contribution is -2.59. The van der Waals surface area contributed by atoms with Crippen LogP contribution in [0.3, 0.4) is 0 Å². The van der Waals surface area contributed by atoms with Gasteiger partial charge in [-0.1, -0.05) is 13.0 Å². The van der Waals surface area contributed by atoms with E-state index in [2.05, 4.69) is 43.3 Å². The molecule has 1 aromatic rings. The van der Waals surface area contributed by atoms with Gasteiger partial charge in [0.05, 0.1) is 6.10 Å². The maximum atomic E-state index is 6.17. The highest BCUT2D eigenvalue weighted by atomic mass is 32.1. The average molecular weight is 296 g/mol. The van der Waals surface area contributed by atoms with E-state index in [4.69, 9.17) is 10.5 Å². The van der Waals surface area contributed by atoms with Crippen LogP contribution in [0.1, 0.15) is 38.0 Å². The molecule has 0 saturated carbocycles. The van der Waals surface area contributed by atoms with Gasteiger partial charge >= 0.3 is 0 Å². The molecule has 2 heterocycles. The van der Waals surface area contributed by atoms with Crippen molar-refractivity contribution in [2.45, 2.75) is 57.2 Å². The van der Waals surface area contributed by atoms with Crippen LogP contribution in [0, 0.1) is 0 Å². The molecule has 1 saturated heterocycles. The summed E-state index contributed by atoms with van der Waals surface area (Å²) in [6, 6.07) is 4.86. The van der Waals surface area contributed by atoms with Gasteiger partial charge in [0, 0.05) is 29.6 Å². The van der Waals surface area contributed by atoms with E-state index in [9.17, 15) is 0 Å². The molecule has 0 spiro atoms. The third-order valence-electron chi connectivity index (χ3n) is 4.85. The molecular formula is C16H28N2OS. The molecule has 0 aliphatic carbocycles. The van der Waals surface area contributed by atoms with Gasteiger partial charge in [0.2, 0.25) is 0 Å². The van der Waals surface area contributed by atoms with Crippen molar-refractivity contribution in [1.29, 1.82) is 0 Å². The molecule has 1 aromatic heterocycles. The van der Waals surface area contributed by atoms with Crippen LogP contribution in [-0.4, -0.2) is 42.8 Å². The lowest BCUT2D eigenvalue weighted by Gasteiger charge is -2.48.